The van der Waals surface area contributed by atoms with Crippen molar-refractivity contribution < 1.29 is 27.8 Å². The molecule has 0 atom stereocenters. The van der Waals surface area contributed by atoms with Gasteiger partial charge < -0.3 is 20.1 Å². The monoisotopic (exact) mass is 501 g/mol. The van der Waals surface area contributed by atoms with Gasteiger partial charge in [-0.05, 0) is 49.7 Å². The summed E-state index contributed by atoms with van der Waals surface area (Å²) in [5.74, 6) is -1.73. The molecule has 35 heavy (non-hydrogen) atoms. The molecular weight excluding hydrogens is 484 g/mol. The summed E-state index contributed by atoms with van der Waals surface area (Å²) in [6.45, 7) is 3.61. The molecule has 0 saturated heterocycles. The molecule has 4 rings (SSSR count). The second-order valence-electron chi connectivity index (χ2n) is 7.20. The highest BCUT2D eigenvalue weighted by Gasteiger charge is 2.20. The molecule has 0 aliphatic heterocycles. The average Bonchev–Trinajstić information content (AvgIpc) is 3.16. The third-order valence-electron chi connectivity index (χ3n) is 4.87. The summed E-state index contributed by atoms with van der Waals surface area (Å²) >= 11 is 5.69. The third kappa shape index (κ3) is 5.14. The molecule has 0 radical (unpaired) electrons. The van der Waals surface area contributed by atoms with Crippen molar-refractivity contribution in [2.24, 2.45) is 0 Å². The van der Waals surface area contributed by atoms with E-state index in [1.165, 1.54) is 41.3 Å². The molecule has 9 nitrogen and oxygen atoms in total. The van der Waals surface area contributed by atoms with Gasteiger partial charge in [-0.25, -0.2) is 22.9 Å². The first-order valence-electron chi connectivity index (χ1n) is 10.3. The lowest BCUT2D eigenvalue weighted by molar-refractivity contribution is 0.0525. The Kier molecular flexibility index (Phi) is 6.78. The van der Waals surface area contributed by atoms with Crippen molar-refractivity contribution in [2.75, 3.05) is 17.2 Å². The minimum Gasteiger partial charge on any atom is -0.462 e. The number of nitrogens with one attached hydrogen (secondary N) is 2. The molecule has 0 bridgehead atoms. The van der Waals surface area contributed by atoms with Gasteiger partial charge in [0.25, 0.3) is 0 Å². The van der Waals surface area contributed by atoms with E-state index in [9.17, 15) is 18.4 Å². The van der Waals surface area contributed by atoms with Gasteiger partial charge in [0.05, 0.1) is 22.9 Å². The number of nitrogens with zero attached hydrogens (tertiary/aromatic N) is 3. The standard InChI is InChI=1S/C23H18ClF2N5O4/c1-3-34-22(32)15-10-31-20(12(15)2)21(27-11-28-31)35-14-5-7-19(18(26)9-14)30-23(33)29-13-4-6-17(25)16(24)8-13/h4-11H,3H2,1-2H3,(H2,29,30,33). The first kappa shape index (κ1) is 23.9. The lowest BCUT2D eigenvalue weighted by Crippen LogP contribution is -2.20. The van der Waals surface area contributed by atoms with Crippen molar-refractivity contribution >= 4 is 40.5 Å². The first-order chi connectivity index (χ1) is 16.8. The summed E-state index contributed by atoms with van der Waals surface area (Å²) in [5.41, 5.74) is 1.36. The van der Waals surface area contributed by atoms with Gasteiger partial charge in [-0.15, -0.1) is 0 Å². The fraction of sp³-hybridized carbons (Fsp3) is 0.130. The van der Waals surface area contributed by atoms with Crippen LogP contribution in [0.15, 0.2) is 48.9 Å². The molecule has 4 aromatic rings. The minimum absolute atomic E-state index is 0.0951. The number of esters is 1. The maximum atomic E-state index is 14.7. The Morgan fingerprint density at radius 2 is 1.91 bits per heavy atom. The largest absolute Gasteiger partial charge is 0.462 e. The van der Waals surface area contributed by atoms with E-state index in [1.54, 1.807) is 13.8 Å². The highest BCUT2D eigenvalue weighted by atomic mass is 35.5. The van der Waals surface area contributed by atoms with Crippen LogP contribution in [0.1, 0.15) is 22.8 Å². The molecule has 0 aliphatic rings. The van der Waals surface area contributed by atoms with Crippen molar-refractivity contribution in [1.29, 1.82) is 0 Å². The van der Waals surface area contributed by atoms with Crippen molar-refractivity contribution in [3.8, 4) is 11.6 Å². The molecule has 0 fully saturated rings. The van der Waals surface area contributed by atoms with E-state index in [0.717, 1.165) is 12.1 Å². The van der Waals surface area contributed by atoms with Crippen LogP contribution < -0.4 is 15.4 Å². The van der Waals surface area contributed by atoms with E-state index >= 15 is 0 Å². The molecule has 2 amide bonds. The SMILES string of the molecule is CCOC(=O)c1cn2ncnc(Oc3ccc(NC(=O)Nc4ccc(F)c(Cl)c4)c(F)c3)c2c1C. The van der Waals surface area contributed by atoms with Crippen LogP contribution in [-0.4, -0.2) is 33.2 Å². The highest BCUT2D eigenvalue weighted by molar-refractivity contribution is 6.31. The second kappa shape index (κ2) is 9.94. The Balaban J connectivity index is 1.51. The van der Waals surface area contributed by atoms with Crippen molar-refractivity contribution in [3.63, 3.8) is 0 Å². The van der Waals surface area contributed by atoms with Gasteiger partial charge in [-0.2, -0.15) is 10.1 Å². The molecular formula is C23H18ClF2N5O4. The topological polar surface area (TPSA) is 107 Å². The number of anilines is 2. The molecule has 0 aliphatic carbocycles. The van der Waals surface area contributed by atoms with E-state index in [1.807, 2.05) is 0 Å². The smallest absolute Gasteiger partial charge is 0.340 e. The fourth-order valence-corrected chi connectivity index (χ4v) is 3.43. The number of carbonyl (C=O) groups is 2. The lowest BCUT2D eigenvalue weighted by Gasteiger charge is -2.11. The summed E-state index contributed by atoms with van der Waals surface area (Å²) in [7, 11) is 0. The normalized spacial score (nSPS) is 10.8. The molecule has 0 spiro atoms. The minimum atomic E-state index is -0.779. The van der Waals surface area contributed by atoms with E-state index < -0.39 is 23.6 Å². The zero-order valence-electron chi connectivity index (χ0n) is 18.4. The van der Waals surface area contributed by atoms with E-state index in [0.29, 0.717) is 16.6 Å². The van der Waals surface area contributed by atoms with Crippen molar-refractivity contribution in [3.05, 3.63) is 76.7 Å². The number of hydrogen-bond donors (Lipinski definition) is 2. The number of ether oxygens (including phenoxy) is 2. The van der Waals surface area contributed by atoms with Crippen molar-refractivity contribution in [2.45, 2.75) is 13.8 Å². The number of hydrogen-bond acceptors (Lipinski definition) is 6. The van der Waals surface area contributed by atoms with Crippen LogP contribution in [0.2, 0.25) is 5.02 Å². The molecule has 2 aromatic carbocycles. The van der Waals surface area contributed by atoms with Crippen LogP contribution in [0.25, 0.3) is 5.52 Å². The molecule has 2 aromatic heterocycles. The van der Waals surface area contributed by atoms with Crippen LogP contribution >= 0.6 is 11.6 Å². The summed E-state index contributed by atoms with van der Waals surface area (Å²) in [6.07, 6.45) is 2.73. The average molecular weight is 502 g/mol. The molecule has 0 saturated carbocycles. The lowest BCUT2D eigenvalue weighted by atomic mass is 10.2. The Morgan fingerprint density at radius 1 is 1.11 bits per heavy atom. The number of urea groups is 1. The number of amides is 2. The summed E-state index contributed by atoms with van der Waals surface area (Å²) < 4.78 is 40.1. The van der Waals surface area contributed by atoms with Gasteiger partial charge >= 0.3 is 12.0 Å². The Bertz CT molecular complexity index is 1440. The number of rotatable bonds is 6. The van der Waals surface area contributed by atoms with Gasteiger partial charge in [0.1, 0.15) is 29.2 Å². The Hall–Kier alpha value is -4.25. The van der Waals surface area contributed by atoms with E-state index in [4.69, 9.17) is 21.1 Å². The van der Waals surface area contributed by atoms with Crippen LogP contribution in [0.5, 0.6) is 11.6 Å². The maximum absolute atomic E-state index is 14.7. The number of aryl methyl sites for hydroxylation is 1. The Labute approximate surface area is 202 Å². The van der Waals surface area contributed by atoms with Crippen LogP contribution in [0.3, 0.4) is 0 Å². The first-order valence-corrected chi connectivity index (χ1v) is 10.6. The summed E-state index contributed by atoms with van der Waals surface area (Å²) in [6, 6.07) is 6.67. The van der Waals surface area contributed by atoms with E-state index in [2.05, 4.69) is 20.7 Å². The predicted octanol–water partition coefficient (Wildman–Crippen LogP) is 5.58. The van der Waals surface area contributed by atoms with Gasteiger partial charge in [0.2, 0.25) is 5.88 Å². The van der Waals surface area contributed by atoms with Gasteiger partial charge in [-0.3, -0.25) is 0 Å². The number of aromatic nitrogens is 3. The van der Waals surface area contributed by atoms with Gasteiger partial charge in [0, 0.05) is 18.0 Å². The van der Waals surface area contributed by atoms with Crippen LogP contribution in [-0.2, 0) is 4.74 Å². The number of halogens is 3. The third-order valence-corrected chi connectivity index (χ3v) is 5.16. The molecule has 0 unspecified atom stereocenters. The zero-order valence-corrected chi connectivity index (χ0v) is 19.2. The predicted molar refractivity (Wildman–Crippen MR) is 124 cm³/mol. The van der Waals surface area contributed by atoms with Gasteiger partial charge in [-0.1, -0.05) is 11.6 Å². The maximum Gasteiger partial charge on any atom is 0.340 e. The quantitative estimate of drug-likeness (QED) is 0.334. The summed E-state index contributed by atoms with van der Waals surface area (Å²) in [4.78, 5) is 28.5. The number of carbonyl (C=O) groups excluding carboxylic acids is 2. The van der Waals surface area contributed by atoms with Gasteiger partial charge in [0.15, 0.2) is 0 Å². The van der Waals surface area contributed by atoms with Crippen LogP contribution in [0.4, 0.5) is 25.0 Å². The highest BCUT2D eigenvalue weighted by Crippen LogP contribution is 2.30. The van der Waals surface area contributed by atoms with Crippen LogP contribution in [0, 0.1) is 18.6 Å². The molecule has 2 N–H and O–H groups in total. The fourth-order valence-electron chi connectivity index (χ4n) is 3.25. The number of benzene rings is 2. The summed E-state index contributed by atoms with van der Waals surface area (Å²) in [5, 5.41) is 8.69. The molecule has 180 valence electrons. The van der Waals surface area contributed by atoms with E-state index in [-0.39, 0.29) is 34.6 Å². The zero-order chi connectivity index (χ0) is 25.1. The molecule has 2 heterocycles. The number of fused-ring (bicyclic) bond motifs is 1. The van der Waals surface area contributed by atoms with Crippen molar-refractivity contribution in [1.82, 2.24) is 14.6 Å². The molecule has 12 heteroatoms. The second-order valence-corrected chi connectivity index (χ2v) is 7.61. The Morgan fingerprint density at radius 3 is 2.63 bits per heavy atom.